The van der Waals surface area contributed by atoms with Crippen LogP contribution in [-0.4, -0.2) is 34.1 Å². The summed E-state index contributed by atoms with van der Waals surface area (Å²) >= 11 is 0. The summed E-state index contributed by atoms with van der Waals surface area (Å²) in [5.41, 5.74) is 2.14. The molecule has 0 amide bonds. The van der Waals surface area contributed by atoms with Gasteiger partial charge >= 0.3 is 5.97 Å². The molecular formula is C12H18N2O3. The minimum atomic E-state index is -0.770. The summed E-state index contributed by atoms with van der Waals surface area (Å²) in [6, 6.07) is 0. The summed E-state index contributed by atoms with van der Waals surface area (Å²) in [6.45, 7) is 1.58. The second-order valence-corrected chi connectivity index (χ2v) is 4.49. The molecule has 1 aromatic rings. The van der Waals surface area contributed by atoms with Gasteiger partial charge in [0.05, 0.1) is 12.1 Å². The molecule has 1 N–H and O–H groups in total. The lowest BCUT2D eigenvalue weighted by molar-refractivity contribution is -0.136. The van der Waals surface area contributed by atoms with Crippen molar-refractivity contribution in [3.05, 3.63) is 17.5 Å². The van der Waals surface area contributed by atoms with Crippen molar-refractivity contribution < 1.29 is 14.6 Å². The number of ether oxygens (including phenoxy) is 1. The van der Waals surface area contributed by atoms with E-state index in [0.717, 1.165) is 31.7 Å². The van der Waals surface area contributed by atoms with Gasteiger partial charge in [0.2, 0.25) is 0 Å². The molecule has 0 aliphatic carbocycles. The van der Waals surface area contributed by atoms with Crippen LogP contribution in [0.5, 0.6) is 0 Å². The zero-order valence-electron chi connectivity index (χ0n) is 10.1. The molecular weight excluding hydrogens is 220 g/mol. The van der Waals surface area contributed by atoms with Crippen LogP contribution < -0.4 is 0 Å². The maximum atomic E-state index is 10.6. The fourth-order valence-electron chi connectivity index (χ4n) is 2.32. The van der Waals surface area contributed by atoms with Crippen molar-refractivity contribution >= 4 is 5.97 Å². The summed E-state index contributed by atoms with van der Waals surface area (Å²) in [7, 11) is 1.88. The van der Waals surface area contributed by atoms with Crippen LogP contribution in [0.25, 0.3) is 0 Å². The number of aromatic nitrogens is 2. The first kappa shape index (κ1) is 12.1. The Bertz CT molecular complexity index is 394. The van der Waals surface area contributed by atoms with Gasteiger partial charge in [0.25, 0.3) is 0 Å². The number of aryl methyl sites for hydroxylation is 2. The highest BCUT2D eigenvalue weighted by Gasteiger charge is 2.21. The summed E-state index contributed by atoms with van der Waals surface area (Å²) in [6.07, 6.45) is 4.70. The van der Waals surface area contributed by atoms with Crippen LogP contribution in [0.2, 0.25) is 0 Å². The van der Waals surface area contributed by atoms with Gasteiger partial charge in [0, 0.05) is 32.9 Å². The molecule has 5 nitrogen and oxygen atoms in total. The Balaban J connectivity index is 2.11. The lowest BCUT2D eigenvalue weighted by atomic mass is 9.91. The molecule has 0 saturated carbocycles. The molecule has 0 bridgehead atoms. The number of rotatable bonds is 4. The lowest BCUT2D eigenvalue weighted by Gasteiger charge is -2.21. The fraction of sp³-hybridized carbons (Fsp3) is 0.667. The van der Waals surface area contributed by atoms with E-state index in [-0.39, 0.29) is 6.42 Å². The third-order valence-corrected chi connectivity index (χ3v) is 3.17. The van der Waals surface area contributed by atoms with Crippen molar-refractivity contribution in [3.8, 4) is 0 Å². The van der Waals surface area contributed by atoms with Crippen LogP contribution in [0.1, 0.15) is 36.4 Å². The Morgan fingerprint density at radius 2 is 2.29 bits per heavy atom. The maximum absolute atomic E-state index is 10.6. The van der Waals surface area contributed by atoms with Crippen LogP contribution >= 0.6 is 0 Å². The van der Waals surface area contributed by atoms with Gasteiger partial charge in [0.15, 0.2) is 0 Å². The second kappa shape index (κ2) is 5.31. The first-order chi connectivity index (χ1) is 8.16. The average Bonchev–Trinajstić information content (AvgIpc) is 2.69. The summed E-state index contributed by atoms with van der Waals surface area (Å²) in [4.78, 5) is 10.6. The van der Waals surface area contributed by atoms with Gasteiger partial charge in [-0.3, -0.25) is 9.48 Å². The van der Waals surface area contributed by atoms with Gasteiger partial charge < -0.3 is 9.84 Å². The Hall–Kier alpha value is -1.36. The summed E-state index contributed by atoms with van der Waals surface area (Å²) in [5, 5.41) is 13.1. The van der Waals surface area contributed by atoms with Gasteiger partial charge in [-0.2, -0.15) is 5.10 Å². The third-order valence-electron chi connectivity index (χ3n) is 3.17. The third kappa shape index (κ3) is 3.06. The van der Waals surface area contributed by atoms with Gasteiger partial charge in [-0.1, -0.05) is 0 Å². The monoisotopic (exact) mass is 238 g/mol. The van der Waals surface area contributed by atoms with Crippen LogP contribution in [0.3, 0.4) is 0 Å². The lowest BCUT2D eigenvalue weighted by Crippen LogP contribution is -2.15. The van der Waals surface area contributed by atoms with E-state index in [1.807, 2.05) is 13.2 Å². The molecule has 0 unspecified atom stereocenters. The highest BCUT2D eigenvalue weighted by Crippen LogP contribution is 2.29. The minimum absolute atomic E-state index is 0.146. The van der Waals surface area contributed by atoms with Crippen LogP contribution in [0.15, 0.2) is 6.20 Å². The molecule has 94 valence electrons. The molecule has 0 spiro atoms. The highest BCUT2D eigenvalue weighted by atomic mass is 16.5. The van der Waals surface area contributed by atoms with Crippen LogP contribution in [-0.2, 0) is 23.0 Å². The second-order valence-electron chi connectivity index (χ2n) is 4.49. The van der Waals surface area contributed by atoms with Crippen molar-refractivity contribution in [1.29, 1.82) is 0 Å². The number of carboxylic acids is 1. The smallest absolute Gasteiger partial charge is 0.303 e. The van der Waals surface area contributed by atoms with Gasteiger partial charge in [-0.05, 0) is 24.3 Å². The standard InChI is InChI=1S/C12H18N2O3/c1-14-8-10(9-4-6-17-7-5-9)11(13-14)2-3-12(15)16/h8-9H,2-7H2,1H3,(H,15,16). The predicted octanol–water partition coefficient (Wildman–Crippen LogP) is 1.33. The fourth-order valence-corrected chi connectivity index (χ4v) is 2.32. The number of nitrogens with zero attached hydrogens (tertiary/aromatic N) is 2. The molecule has 1 saturated heterocycles. The first-order valence-electron chi connectivity index (χ1n) is 5.99. The highest BCUT2D eigenvalue weighted by molar-refractivity contribution is 5.67. The molecule has 0 atom stereocenters. The SMILES string of the molecule is Cn1cc(C2CCOCC2)c(CCC(=O)O)n1. The predicted molar refractivity (Wildman–Crippen MR) is 62.0 cm³/mol. The first-order valence-corrected chi connectivity index (χ1v) is 5.99. The van der Waals surface area contributed by atoms with Gasteiger partial charge in [-0.25, -0.2) is 0 Å². The zero-order chi connectivity index (χ0) is 12.3. The van der Waals surface area contributed by atoms with Crippen molar-refractivity contribution in [1.82, 2.24) is 9.78 Å². The Morgan fingerprint density at radius 1 is 1.59 bits per heavy atom. The average molecular weight is 238 g/mol. The molecule has 1 fully saturated rings. The Morgan fingerprint density at radius 3 is 2.94 bits per heavy atom. The number of hydrogen-bond donors (Lipinski definition) is 1. The Kier molecular flexibility index (Phi) is 3.78. The molecule has 1 aliphatic rings. The van der Waals surface area contributed by atoms with E-state index in [1.54, 1.807) is 4.68 Å². The quantitative estimate of drug-likeness (QED) is 0.859. The van der Waals surface area contributed by atoms with Crippen molar-refractivity contribution in [2.75, 3.05) is 13.2 Å². The number of carbonyl (C=O) groups is 1. The van der Waals surface area contributed by atoms with Crippen molar-refractivity contribution in [2.45, 2.75) is 31.6 Å². The topological polar surface area (TPSA) is 64.3 Å². The molecule has 0 radical (unpaired) electrons. The van der Waals surface area contributed by atoms with Crippen LogP contribution in [0, 0.1) is 0 Å². The minimum Gasteiger partial charge on any atom is -0.481 e. The largest absolute Gasteiger partial charge is 0.481 e. The van der Waals surface area contributed by atoms with E-state index in [2.05, 4.69) is 5.10 Å². The molecule has 5 heteroatoms. The van der Waals surface area contributed by atoms with E-state index in [4.69, 9.17) is 9.84 Å². The van der Waals surface area contributed by atoms with E-state index >= 15 is 0 Å². The molecule has 2 rings (SSSR count). The number of carboxylic acid groups (broad SMARTS) is 1. The van der Waals surface area contributed by atoms with E-state index in [9.17, 15) is 4.79 Å². The maximum Gasteiger partial charge on any atom is 0.303 e. The molecule has 1 aliphatic heterocycles. The number of aliphatic carboxylic acids is 1. The number of hydrogen-bond acceptors (Lipinski definition) is 3. The summed E-state index contributed by atoms with van der Waals surface area (Å²) in [5.74, 6) is -0.296. The van der Waals surface area contributed by atoms with Crippen molar-refractivity contribution in [3.63, 3.8) is 0 Å². The normalized spacial score (nSPS) is 17.2. The van der Waals surface area contributed by atoms with E-state index in [0.29, 0.717) is 12.3 Å². The van der Waals surface area contributed by atoms with Crippen molar-refractivity contribution in [2.24, 2.45) is 7.05 Å². The molecule has 17 heavy (non-hydrogen) atoms. The van der Waals surface area contributed by atoms with Gasteiger partial charge in [0.1, 0.15) is 0 Å². The van der Waals surface area contributed by atoms with Crippen LogP contribution in [0.4, 0.5) is 0 Å². The van der Waals surface area contributed by atoms with Gasteiger partial charge in [-0.15, -0.1) is 0 Å². The summed E-state index contributed by atoms with van der Waals surface area (Å²) < 4.78 is 7.12. The molecule has 0 aromatic carbocycles. The molecule has 2 heterocycles. The zero-order valence-corrected chi connectivity index (χ0v) is 10.1. The Labute approximate surface area is 100 Å². The molecule has 1 aromatic heterocycles. The van der Waals surface area contributed by atoms with E-state index in [1.165, 1.54) is 5.56 Å². The van der Waals surface area contributed by atoms with E-state index < -0.39 is 5.97 Å².